The maximum Gasteiger partial charge on any atom is 1.00 e. The van der Waals surface area contributed by atoms with Gasteiger partial charge in [-0.25, -0.2) is 0 Å². The van der Waals surface area contributed by atoms with Gasteiger partial charge in [-0.05, 0) is 5.56 Å². The number of benzene rings is 1. The van der Waals surface area contributed by atoms with E-state index in [1.54, 1.807) is 0 Å². The average molecular weight is 261 g/mol. The van der Waals surface area contributed by atoms with Gasteiger partial charge in [-0.3, -0.25) is 10.1 Å². The van der Waals surface area contributed by atoms with Crippen LogP contribution in [0.4, 0.5) is 23.0 Å². The van der Waals surface area contributed by atoms with E-state index >= 15 is 0 Å². The Morgan fingerprint density at radius 3 is 2.31 bits per heavy atom. The topological polar surface area (TPSA) is 43.1 Å². The van der Waals surface area contributed by atoms with E-state index in [-0.39, 0.29) is 51.4 Å². The Kier molecular flexibility index (Phi) is 6.12. The van der Waals surface area contributed by atoms with Crippen LogP contribution >= 0.6 is 0 Å². The van der Waals surface area contributed by atoms with Crippen molar-refractivity contribution in [3.8, 4) is 0 Å². The van der Waals surface area contributed by atoms with Gasteiger partial charge < -0.3 is 12.9 Å². The minimum Gasteiger partial charge on any atom is -0.449 e. The van der Waals surface area contributed by atoms with Crippen molar-refractivity contribution in [2.45, 2.75) is 6.32 Å². The summed E-state index contributed by atoms with van der Waals surface area (Å²) in [7, 11) is 0. The summed E-state index contributed by atoms with van der Waals surface area (Å²) in [5.74, 6) is -1.42. The van der Waals surface area contributed by atoms with Crippen LogP contribution in [0.5, 0.6) is 0 Å². The first kappa shape index (κ1) is 16.0. The van der Waals surface area contributed by atoms with Crippen molar-refractivity contribution in [3.05, 3.63) is 39.7 Å². The van der Waals surface area contributed by atoms with E-state index in [9.17, 15) is 27.5 Å². The fourth-order valence-electron chi connectivity index (χ4n) is 1.11. The van der Waals surface area contributed by atoms with Crippen molar-refractivity contribution in [1.82, 2.24) is 0 Å². The molecule has 82 valence electrons. The molecule has 0 N–H and O–H groups in total. The van der Waals surface area contributed by atoms with Crippen LogP contribution in [-0.2, 0) is 6.32 Å². The Hall–Kier alpha value is 0.0413. The summed E-state index contributed by atoms with van der Waals surface area (Å²) in [4.78, 5) is 9.18. The molecule has 0 aliphatic rings. The zero-order chi connectivity index (χ0) is 11.6. The maximum atomic E-state index is 13.1. The number of halogens is 4. The molecule has 0 amide bonds. The van der Waals surface area contributed by atoms with Crippen LogP contribution in [-0.4, -0.2) is 11.9 Å². The first-order chi connectivity index (χ1) is 6.81. The van der Waals surface area contributed by atoms with Gasteiger partial charge in [0.05, 0.1) is 4.92 Å². The standard InChI is InChI=1S/C7H5BF4NO2.K/c9-7-5(4-8(10,11)12)2-1-3-6(7)13(14)15;/h1-3H,4H2;/q-1;+1. The van der Waals surface area contributed by atoms with Crippen LogP contribution < -0.4 is 51.4 Å². The molecule has 0 spiro atoms. The maximum absolute atomic E-state index is 13.1. The third-order valence-electron chi connectivity index (χ3n) is 1.71. The second-order valence-corrected chi connectivity index (χ2v) is 2.92. The molecule has 1 aromatic rings. The fourth-order valence-corrected chi connectivity index (χ4v) is 1.11. The molecule has 0 fully saturated rings. The van der Waals surface area contributed by atoms with Crippen LogP contribution in [0.1, 0.15) is 5.56 Å². The smallest absolute Gasteiger partial charge is 0.449 e. The van der Waals surface area contributed by atoms with E-state index in [1.807, 2.05) is 0 Å². The van der Waals surface area contributed by atoms with Crippen LogP contribution in [0, 0.1) is 15.9 Å². The molecular formula is C7H5BF4KNO2. The van der Waals surface area contributed by atoms with Crippen molar-refractivity contribution < 1.29 is 73.6 Å². The SMILES string of the molecule is O=[N+]([O-])c1cccc(C[B-](F)(F)F)c1F.[K+]. The van der Waals surface area contributed by atoms with E-state index in [1.165, 1.54) is 0 Å². The second kappa shape index (κ2) is 6.10. The summed E-state index contributed by atoms with van der Waals surface area (Å²) in [6.07, 6.45) is -1.45. The van der Waals surface area contributed by atoms with Crippen molar-refractivity contribution in [2.24, 2.45) is 0 Å². The molecule has 0 aliphatic carbocycles. The minimum atomic E-state index is -5.20. The van der Waals surface area contributed by atoms with E-state index in [0.29, 0.717) is 0 Å². The normalized spacial score (nSPS) is 10.8. The van der Waals surface area contributed by atoms with E-state index in [0.717, 1.165) is 18.2 Å². The van der Waals surface area contributed by atoms with Crippen LogP contribution in [0.15, 0.2) is 18.2 Å². The van der Waals surface area contributed by atoms with Gasteiger partial charge in [-0.2, -0.15) is 4.39 Å². The van der Waals surface area contributed by atoms with Gasteiger partial charge >= 0.3 is 64.0 Å². The van der Waals surface area contributed by atoms with Crippen LogP contribution in [0.2, 0.25) is 0 Å². The Balaban J connectivity index is 0.00000225. The number of hydrogen-bond donors (Lipinski definition) is 0. The van der Waals surface area contributed by atoms with Crippen molar-refractivity contribution in [2.75, 3.05) is 0 Å². The molecule has 0 heterocycles. The van der Waals surface area contributed by atoms with Gasteiger partial charge in [0.1, 0.15) is 0 Å². The summed E-state index contributed by atoms with van der Waals surface area (Å²) < 4.78 is 49.1. The van der Waals surface area contributed by atoms with Gasteiger partial charge in [0.2, 0.25) is 5.82 Å². The molecule has 16 heavy (non-hydrogen) atoms. The van der Waals surface area contributed by atoms with Gasteiger partial charge in [0.25, 0.3) is 0 Å². The van der Waals surface area contributed by atoms with E-state index in [4.69, 9.17) is 0 Å². The molecule has 0 unspecified atom stereocenters. The Bertz CT molecular complexity index is 398. The number of nitro benzene ring substituents is 1. The molecule has 0 atom stereocenters. The molecule has 1 rings (SSSR count). The molecule has 9 heteroatoms. The second-order valence-electron chi connectivity index (χ2n) is 2.92. The summed E-state index contributed by atoms with van der Waals surface area (Å²) >= 11 is 0. The number of nitro groups is 1. The number of hydrogen-bond acceptors (Lipinski definition) is 2. The fraction of sp³-hybridized carbons (Fsp3) is 0.143. The van der Waals surface area contributed by atoms with Gasteiger partial charge in [0, 0.05) is 6.07 Å². The summed E-state index contributed by atoms with van der Waals surface area (Å²) in [5.41, 5.74) is -1.63. The zero-order valence-corrected chi connectivity index (χ0v) is 11.4. The number of rotatable bonds is 3. The minimum absolute atomic E-state index is 0. The molecule has 0 aromatic heterocycles. The molecule has 0 aliphatic heterocycles. The van der Waals surface area contributed by atoms with E-state index in [2.05, 4.69) is 0 Å². The van der Waals surface area contributed by atoms with E-state index < -0.39 is 35.3 Å². The summed E-state index contributed by atoms with van der Waals surface area (Å²) in [5, 5.41) is 10.2. The molecule has 0 bridgehead atoms. The third-order valence-corrected chi connectivity index (χ3v) is 1.71. The quantitative estimate of drug-likeness (QED) is 0.323. The van der Waals surface area contributed by atoms with Gasteiger partial charge in [-0.1, -0.05) is 18.5 Å². The summed E-state index contributed by atoms with van der Waals surface area (Å²) in [6, 6.07) is 2.73. The third kappa shape index (κ3) is 4.50. The molecule has 1 aromatic carbocycles. The molecule has 0 radical (unpaired) electrons. The van der Waals surface area contributed by atoms with Crippen molar-refractivity contribution in [3.63, 3.8) is 0 Å². The predicted octanol–water partition coefficient (Wildman–Crippen LogP) is -0.333. The molecule has 3 nitrogen and oxygen atoms in total. The van der Waals surface area contributed by atoms with Gasteiger partial charge in [-0.15, -0.1) is 0 Å². The first-order valence-electron chi connectivity index (χ1n) is 3.94. The molecule has 0 saturated carbocycles. The van der Waals surface area contributed by atoms with Crippen LogP contribution in [0.25, 0.3) is 0 Å². The summed E-state index contributed by atoms with van der Waals surface area (Å²) in [6.45, 7) is -5.20. The zero-order valence-electron chi connectivity index (χ0n) is 8.29. The van der Waals surface area contributed by atoms with Crippen molar-refractivity contribution in [1.29, 1.82) is 0 Å². The Labute approximate surface area is 131 Å². The monoisotopic (exact) mass is 261 g/mol. The largest absolute Gasteiger partial charge is 1.00 e. The first-order valence-corrected chi connectivity index (χ1v) is 3.94. The average Bonchev–Trinajstić information content (AvgIpc) is 2.05. The van der Waals surface area contributed by atoms with Crippen molar-refractivity contribution >= 4 is 12.7 Å². The number of nitrogens with zero attached hydrogens (tertiary/aromatic N) is 1. The Morgan fingerprint density at radius 2 is 1.88 bits per heavy atom. The van der Waals surface area contributed by atoms with Gasteiger partial charge in [0.15, 0.2) is 0 Å². The predicted molar refractivity (Wildman–Crippen MR) is 45.8 cm³/mol. The Morgan fingerprint density at radius 1 is 1.31 bits per heavy atom. The van der Waals surface area contributed by atoms with Crippen LogP contribution in [0.3, 0.4) is 0 Å². The molecular weight excluding hydrogens is 256 g/mol. The molecule has 0 saturated heterocycles.